The number of nitrogens with zero attached hydrogens (tertiary/aromatic N) is 1. The SMILES string of the molecule is Cc1nc(C(C)C)ccc1C(C)C. The molecule has 1 aromatic heterocycles. The zero-order valence-corrected chi connectivity index (χ0v) is 9.26. The van der Waals surface area contributed by atoms with Crippen LogP contribution in [0.2, 0.25) is 0 Å². The second-order valence-electron chi connectivity index (χ2n) is 4.22. The normalized spacial score (nSPS) is 11.3. The molecule has 0 aliphatic carbocycles. The summed E-state index contributed by atoms with van der Waals surface area (Å²) in [5, 5.41) is 0. The molecule has 0 aromatic carbocycles. The number of rotatable bonds is 2. The van der Waals surface area contributed by atoms with Gasteiger partial charge < -0.3 is 0 Å². The van der Waals surface area contributed by atoms with Crippen LogP contribution in [-0.4, -0.2) is 4.98 Å². The van der Waals surface area contributed by atoms with Crippen molar-refractivity contribution in [3.63, 3.8) is 0 Å². The number of hydrogen-bond donors (Lipinski definition) is 0. The fraction of sp³-hybridized carbons (Fsp3) is 0.583. The van der Waals surface area contributed by atoms with Crippen LogP contribution in [0, 0.1) is 6.92 Å². The maximum Gasteiger partial charge on any atom is 0.0432 e. The van der Waals surface area contributed by atoms with E-state index in [2.05, 4.69) is 51.7 Å². The molecule has 72 valence electrons. The van der Waals surface area contributed by atoms with Gasteiger partial charge in [0.2, 0.25) is 0 Å². The average Bonchev–Trinajstić information content (AvgIpc) is 2.03. The molecule has 0 N–H and O–H groups in total. The summed E-state index contributed by atoms with van der Waals surface area (Å²) in [7, 11) is 0. The molecule has 0 saturated heterocycles. The minimum Gasteiger partial charge on any atom is -0.258 e. The van der Waals surface area contributed by atoms with E-state index in [-0.39, 0.29) is 0 Å². The highest BCUT2D eigenvalue weighted by Crippen LogP contribution is 2.20. The van der Waals surface area contributed by atoms with Crippen molar-refractivity contribution in [2.24, 2.45) is 0 Å². The van der Waals surface area contributed by atoms with E-state index < -0.39 is 0 Å². The van der Waals surface area contributed by atoms with Crippen LogP contribution in [0.4, 0.5) is 0 Å². The van der Waals surface area contributed by atoms with Gasteiger partial charge in [0.05, 0.1) is 0 Å². The number of aryl methyl sites for hydroxylation is 1. The topological polar surface area (TPSA) is 12.9 Å². The number of pyridine rings is 1. The van der Waals surface area contributed by atoms with E-state index in [1.165, 1.54) is 17.0 Å². The molecule has 1 aromatic rings. The first-order valence-electron chi connectivity index (χ1n) is 4.99. The third kappa shape index (κ3) is 2.30. The van der Waals surface area contributed by atoms with Crippen LogP contribution >= 0.6 is 0 Å². The van der Waals surface area contributed by atoms with Gasteiger partial charge in [0, 0.05) is 11.4 Å². The van der Waals surface area contributed by atoms with Crippen molar-refractivity contribution in [3.8, 4) is 0 Å². The third-order valence-corrected chi connectivity index (χ3v) is 2.36. The highest BCUT2D eigenvalue weighted by atomic mass is 14.7. The molecule has 0 fully saturated rings. The minimum absolute atomic E-state index is 0.528. The van der Waals surface area contributed by atoms with E-state index in [0.29, 0.717) is 11.8 Å². The standard InChI is InChI=1S/C12H19N/c1-8(2)11-6-7-12(9(3)4)13-10(11)5/h6-9H,1-5H3. The highest BCUT2D eigenvalue weighted by Gasteiger charge is 2.06. The van der Waals surface area contributed by atoms with Crippen molar-refractivity contribution >= 4 is 0 Å². The van der Waals surface area contributed by atoms with Crippen molar-refractivity contribution in [2.75, 3.05) is 0 Å². The molecule has 0 unspecified atom stereocenters. The first kappa shape index (κ1) is 10.2. The zero-order chi connectivity index (χ0) is 10.0. The van der Waals surface area contributed by atoms with E-state index >= 15 is 0 Å². The molecule has 0 aliphatic heterocycles. The largest absolute Gasteiger partial charge is 0.258 e. The van der Waals surface area contributed by atoms with Gasteiger partial charge in [-0.1, -0.05) is 33.8 Å². The third-order valence-electron chi connectivity index (χ3n) is 2.36. The van der Waals surface area contributed by atoms with Crippen LogP contribution in [0.15, 0.2) is 12.1 Å². The Kier molecular flexibility index (Phi) is 3.07. The maximum atomic E-state index is 4.59. The molecule has 13 heavy (non-hydrogen) atoms. The summed E-state index contributed by atoms with van der Waals surface area (Å²) in [4.78, 5) is 4.59. The Morgan fingerprint density at radius 3 is 2.00 bits per heavy atom. The summed E-state index contributed by atoms with van der Waals surface area (Å²) >= 11 is 0. The van der Waals surface area contributed by atoms with Crippen molar-refractivity contribution < 1.29 is 0 Å². The Hall–Kier alpha value is -0.850. The summed E-state index contributed by atoms with van der Waals surface area (Å²) in [6.07, 6.45) is 0. The van der Waals surface area contributed by atoms with Gasteiger partial charge in [-0.2, -0.15) is 0 Å². The molecule has 0 atom stereocenters. The van der Waals surface area contributed by atoms with Gasteiger partial charge in [-0.15, -0.1) is 0 Å². The molecule has 0 amide bonds. The molecule has 1 heteroatoms. The molecular weight excluding hydrogens is 158 g/mol. The van der Waals surface area contributed by atoms with Gasteiger partial charge in [0.15, 0.2) is 0 Å². The Labute approximate surface area is 81.2 Å². The van der Waals surface area contributed by atoms with Gasteiger partial charge in [0.1, 0.15) is 0 Å². The molecule has 0 aliphatic rings. The predicted molar refractivity (Wildman–Crippen MR) is 57.2 cm³/mol. The van der Waals surface area contributed by atoms with Gasteiger partial charge in [0.25, 0.3) is 0 Å². The molecule has 1 nitrogen and oxygen atoms in total. The highest BCUT2D eigenvalue weighted by molar-refractivity contribution is 5.25. The lowest BCUT2D eigenvalue weighted by Gasteiger charge is -2.11. The summed E-state index contributed by atoms with van der Waals surface area (Å²) < 4.78 is 0. The van der Waals surface area contributed by atoms with Crippen LogP contribution in [0.1, 0.15) is 56.5 Å². The Balaban J connectivity index is 3.06. The van der Waals surface area contributed by atoms with Crippen LogP contribution in [0.25, 0.3) is 0 Å². The molecule has 0 spiro atoms. The average molecular weight is 177 g/mol. The second kappa shape index (κ2) is 3.91. The summed E-state index contributed by atoms with van der Waals surface area (Å²) in [5.74, 6) is 1.11. The van der Waals surface area contributed by atoms with Gasteiger partial charge in [-0.3, -0.25) is 4.98 Å². The lowest BCUT2D eigenvalue weighted by Crippen LogP contribution is -2.00. The van der Waals surface area contributed by atoms with Crippen molar-refractivity contribution in [1.29, 1.82) is 0 Å². The molecule has 1 rings (SSSR count). The fourth-order valence-electron chi connectivity index (χ4n) is 1.52. The van der Waals surface area contributed by atoms with Gasteiger partial charge >= 0.3 is 0 Å². The molecule has 0 bridgehead atoms. The van der Waals surface area contributed by atoms with E-state index in [1.54, 1.807) is 0 Å². The summed E-state index contributed by atoms with van der Waals surface area (Å²) in [6.45, 7) is 10.9. The van der Waals surface area contributed by atoms with Crippen molar-refractivity contribution in [3.05, 3.63) is 29.1 Å². The maximum absolute atomic E-state index is 4.59. The predicted octanol–water partition coefficient (Wildman–Crippen LogP) is 3.64. The lowest BCUT2D eigenvalue weighted by atomic mass is 10.00. The fourth-order valence-corrected chi connectivity index (χ4v) is 1.52. The van der Waals surface area contributed by atoms with E-state index in [0.717, 1.165) is 0 Å². The van der Waals surface area contributed by atoms with E-state index in [4.69, 9.17) is 0 Å². The monoisotopic (exact) mass is 177 g/mol. The Bertz CT molecular complexity index is 287. The molecular formula is C12H19N. The van der Waals surface area contributed by atoms with Crippen LogP contribution < -0.4 is 0 Å². The van der Waals surface area contributed by atoms with Crippen LogP contribution in [0.5, 0.6) is 0 Å². The first-order chi connectivity index (χ1) is 6.02. The van der Waals surface area contributed by atoms with E-state index in [1.807, 2.05) is 0 Å². The first-order valence-corrected chi connectivity index (χ1v) is 4.99. The van der Waals surface area contributed by atoms with E-state index in [9.17, 15) is 0 Å². The summed E-state index contributed by atoms with van der Waals surface area (Å²) in [6, 6.07) is 4.36. The summed E-state index contributed by atoms with van der Waals surface area (Å²) in [5.41, 5.74) is 3.74. The molecule has 1 heterocycles. The lowest BCUT2D eigenvalue weighted by molar-refractivity contribution is 0.788. The second-order valence-corrected chi connectivity index (χ2v) is 4.22. The number of aromatic nitrogens is 1. The van der Waals surface area contributed by atoms with Crippen LogP contribution in [0.3, 0.4) is 0 Å². The Morgan fingerprint density at radius 2 is 1.62 bits per heavy atom. The molecule has 0 saturated carbocycles. The minimum atomic E-state index is 0.528. The van der Waals surface area contributed by atoms with Crippen LogP contribution in [-0.2, 0) is 0 Å². The number of hydrogen-bond acceptors (Lipinski definition) is 1. The molecule has 0 radical (unpaired) electrons. The van der Waals surface area contributed by atoms with Crippen molar-refractivity contribution in [1.82, 2.24) is 4.98 Å². The van der Waals surface area contributed by atoms with Crippen molar-refractivity contribution in [2.45, 2.75) is 46.5 Å². The quantitative estimate of drug-likeness (QED) is 0.672. The van der Waals surface area contributed by atoms with Gasteiger partial charge in [-0.05, 0) is 30.4 Å². The smallest absolute Gasteiger partial charge is 0.0432 e. The zero-order valence-electron chi connectivity index (χ0n) is 9.26. The van der Waals surface area contributed by atoms with Gasteiger partial charge in [-0.25, -0.2) is 0 Å². The Morgan fingerprint density at radius 1 is 1.00 bits per heavy atom.